The van der Waals surface area contributed by atoms with Crippen LogP contribution in [0.3, 0.4) is 0 Å². The first-order chi connectivity index (χ1) is 14.5. The third kappa shape index (κ3) is 4.37. The minimum atomic E-state index is 0.544. The minimum absolute atomic E-state index is 0.544. The van der Waals surface area contributed by atoms with Crippen molar-refractivity contribution in [2.75, 3.05) is 48.1 Å². The second-order valence-corrected chi connectivity index (χ2v) is 7.15. The van der Waals surface area contributed by atoms with Gasteiger partial charge in [-0.3, -0.25) is 4.90 Å². The topological polar surface area (TPSA) is 145 Å². The van der Waals surface area contributed by atoms with Gasteiger partial charge in [-0.25, -0.2) is 10.2 Å². The van der Waals surface area contributed by atoms with E-state index in [9.17, 15) is 0 Å². The van der Waals surface area contributed by atoms with Crippen molar-refractivity contribution in [2.45, 2.75) is 13.3 Å². The standard InChI is InChI=1S/C18H26N12/c1-11-5-7-13(20-11)22-16-23-15(25-26-16)19-10-9-12-6-8-14(21-12)30(4)18-24-17(27-28-18)29(2)3/h5-8,20-21H,9-10H2,1-4H3,(H,24,27,28)(H3,19,22,23,25,26). The molecule has 30 heavy (non-hydrogen) atoms. The summed E-state index contributed by atoms with van der Waals surface area (Å²) in [5, 5.41) is 20.5. The van der Waals surface area contributed by atoms with Gasteiger partial charge in [-0.05, 0) is 31.2 Å². The van der Waals surface area contributed by atoms with E-state index < -0.39 is 0 Å². The lowest BCUT2D eigenvalue weighted by molar-refractivity contribution is 0.944. The summed E-state index contributed by atoms with van der Waals surface area (Å²) in [5.41, 5.74) is 2.17. The van der Waals surface area contributed by atoms with Gasteiger partial charge in [0.15, 0.2) is 0 Å². The van der Waals surface area contributed by atoms with Crippen molar-refractivity contribution in [1.82, 2.24) is 40.3 Å². The molecule has 4 aromatic rings. The zero-order chi connectivity index (χ0) is 21.1. The van der Waals surface area contributed by atoms with Gasteiger partial charge in [0.1, 0.15) is 11.6 Å². The Hall–Kier alpha value is -3.96. The molecule has 4 aromatic heterocycles. The number of anilines is 6. The zero-order valence-electron chi connectivity index (χ0n) is 17.4. The van der Waals surface area contributed by atoms with Crippen molar-refractivity contribution >= 4 is 35.4 Å². The third-order valence-corrected chi connectivity index (χ3v) is 4.52. The van der Waals surface area contributed by atoms with Gasteiger partial charge in [0.2, 0.25) is 23.8 Å². The summed E-state index contributed by atoms with van der Waals surface area (Å²) in [7, 11) is 5.74. The molecule has 0 aliphatic carbocycles. The zero-order valence-corrected chi connectivity index (χ0v) is 17.4. The fourth-order valence-electron chi connectivity index (χ4n) is 2.89. The Morgan fingerprint density at radius 3 is 2.57 bits per heavy atom. The van der Waals surface area contributed by atoms with E-state index in [4.69, 9.17) is 0 Å². The molecule has 0 aliphatic rings. The number of rotatable bonds is 9. The first kappa shape index (κ1) is 19.4. The van der Waals surface area contributed by atoms with Gasteiger partial charge in [0.25, 0.3) is 0 Å². The number of nitrogens with one attached hydrogen (secondary N) is 6. The smallest absolute Gasteiger partial charge is 0.245 e. The largest absolute Gasteiger partial charge is 0.353 e. The van der Waals surface area contributed by atoms with Crippen LogP contribution in [0.4, 0.5) is 35.4 Å². The molecular weight excluding hydrogens is 384 g/mol. The summed E-state index contributed by atoms with van der Waals surface area (Å²) >= 11 is 0. The molecule has 0 amide bonds. The van der Waals surface area contributed by atoms with E-state index in [0.717, 1.165) is 29.4 Å². The summed E-state index contributed by atoms with van der Waals surface area (Å²) in [6, 6.07) is 8.00. The molecule has 0 saturated heterocycles. The van der Waals surface area contributed by atoms with E-state index in [-0.39, 0.29) is 0 Å². The van der Waals surface area contributed by atoms with E-state index in [1.165, 1.54) is 0 Å². The Morgan fingerprint density at radius 1 is 0.967 bits per heavy atom. The van der Waals surface area contributed by atoms with E-state index in [2.05, 4.69) is 57.0 Å². The van der Waals surface area contributed by atoms with Crippen LogP contribution >= 0.6 is 0 Å². The van der Waals surface area contributed by atoms with Gasteiger partial charge in [0.05, 0.1) is 0 Å². The van der Waals surface area contributed by atoms with Gasteiger partial charge in [-0.1, -0.05) is 0 Å². The highest BCUT2D eigenvalue weighted by Crippen LogP contribution is 2.21. The molecule has 0 aliphatic heterocycles. The second kappa shape index (κ2) is 8.19. The van der Waals surface area contributed by atoms with E-state index in [0.29, 0.717) is 30.3 Å². The molecule has 12 nitrogen and oxygen atoms in total. The second-order valence-electron chi connectivity index (χ2n) is 7.15. The normalized spacial score (nSPS) is 10.9. The maximum Gasteiger partial charge on any atom is 0.245 e. The quantitative estimate of drug-likeness (QED) is 0.246. The summed E-state index contributed by atoms with van der Waals surface area (Å²) in [5.74, 6) is 4.22. The van der Waals surface area contributed by atoms with Crippen molar-refractivity contribution in [3.63, 3.8) is 0 Å². The minimum Gasteiger partial charge on any atom is -0.353 e. The number of nitrogens with zero attached hydrogens (tertiary/aromatic N) is 6. The molecule has 4 heterocycles. The average Bonchev–Trinajstić information content (AvgIpc) is 3.49. The van der Waals surface area contributed by atoms with E-state index >= 15 is 0 Å². The van der Waals surface area contributed by atoms with Crippen LogP contribution in [0, 0.1) is 6.92 Å². The van der Waals surface area contributed by atoms with Crippen LogP contribution < -0.4 is 20.4 Å². The van der Waals surface area contributed by atoms with Gasteiger partial charge < -0.3 is 25.5 Å². The highest BCUT2D eigenvalue weighted by atomic mass is 15.4. The SMILES string of the molecule is Cc1ccc(Nc2nc(NCCc3ccc(N(C)c4nc(N(C)C)n[nH]4)[nH]3)n[nH]2)[nH]1. The van der Waals surface area contributed by atoms with Gasteiger partial charge >= 0.3 is 0 Å². The van der Waals surface area contributed by atoms with Crippen molar-refractivity contribution in [1.29, 1.82) is 0 Å². The lowest BCUT2D eigenvalue weighted by Crippen LogP contribution is -2.13. The molecular formula is C18H26N12. The number of aromatic nitrogens is 8. The van der Waals surface area contributed by atoms with Crippen LogP contribution in [0.5, 0.6) is 0 Å². The molecule has 0 unspecified atom stereocenters. The molecule has 0 bridgehead atoms. The van der Waals surface area contributed by atoms with Crippen LogP contribution in [0.15, 0.2) is 24.3 Å². The number of hydrogen-bond acceptors (Lipinski definition) is 8. The summed E-state index contributed by atoms with van der Waals surface area (Å²) in [4.78, 5) is 19.2. The molecule has 6 N–H and O–H groups in total. The number of H-pyrrole nitrogens is 4. The lowest BCUT2D eigenvalue weighted by atomic mass is 10.3. The number of hydrogen-bond donors (Lipinski definition) is 6. The summed E-state index contributed by atoms with van der Waals surface area (Å²) in [6.07, 6.45) is 0.792. The maximum absolute atomic E-state index is 4.46. The third-order valence-electron chi connectivity index (χ3n) is 4.52. The van der Waals surface area contributed by atoms with Crippen molar-refractivity contribution in [2.24, 2.45) is 0 Å². The highest BCUT2D eigenvalue weighted by molar-refractivity contribution is 5.54. The molecule has 0 atom stereocenters. The highest BCUT2D eigenvalue weighted by Gasteiger charge is 2.12. The number of aromatic amines is 4. The molecule has 4 rings (SSSR count). The Kier molecular flexibility index (Phi) is 5.28. The van der Waals surface area contributed by atoms with Crippen LogP contribution in [0.25, 0.3) is 0 Å². The predicted octanol–water partition coefficient (Wildman–Crippen LogP) is 2.12. The van der Waals surface area contributed by atoms with Gasteiger partial charge in [0, 0.05) is 45.5 Å². The Balaban J connectivity index is 1.28. The summed E-state index contributed by atoms with van der Waals surface area (Å²) in [6.45, 7) is 2.69. The van der Waals surface area contributed by atoms with Crippen molar-refractivity contribution in [3.8, 4) is 0 Å². The fourth-order valence-corrected chi connectivity index (χ4v) is 2.89. The van der Waals surface area contributed by atoms with Crippen molar-refractivity contribution < 1.29 is 0 Å². The monoisotopic (exact) mass is 410 g/mol. The Morgan fingerprint density at radius 2 is 1.83 bits per heavy atom. The molecule has 158 valence electrons. The van der Waals surface area contributed by atoms with Gasteiger partial charge in [-0.2, -0.15) is 9.97 Å². The molecule has 0 radical (unpaired) electrons. The first-order valence-corrected chi connectivity index (χ1v) is 9.58. The molecule has 0 fully saturated rings. The van der Waals surface area contributed by atoms with Crippen LogP contribution in [0.2, 0.25) is 0 Å². The van der Waals surface area contributed by atoms with Crippen LogP contribution in [-0.4, -0.2) is 68.0 Å². The summed E-state index contributed by atoms with van der Waals surface area (Å²) < 4.78 is 0. The Bertz CT molecular complexity index is 1080. The maximum atomic E-state index is 4.46. The molecule has 0 spiro atoms. The predicted molar refractivity (Wildman–Crippen MR) is 117 cm³/mol. The van der Waals surface area contributed by atoms with E-state index in [1.54, 1.807) is 0 Å². The van der Waals surface area contributed by atoms with Gasteiger partial charge in [-0.15, -0.1) is 10.2 Å². The van der Waals surface area contributed by atoms with E-state index in [1.807, 2.05) is 56.1 Å². The first-order valence-electron chi connectivity index (χ1n) is 9.58. The van der Waals surface area contributed by atoms with Crippen molar-refractivity contribution in [3.05, 3.63) is 35.7 Å². The average molecular weight is 410 g/mol. The molecule has 0 aromatic carbocycles. The molecule has 0 saturated carbocycles. The number of aryl methyl sites for hydroxylation is 1. The Labute approximate surface area is 173 Å². The van der Waals surface area contributed by atoms with Crippen LogP contribution in [-0.2, 0) is 6.42 Å². The fraction of sp³-hybridized carbons (Fsp3) is 0.333. The molecule has 12 heteroatoms. The lowest BCUT2D eigenvalue weighted by Gasteiger charge is -2.13. The van der Waals surface area contributed by atoms with Crippen LogP contribution in [0.1, 0.15) is 11.4 Å².